The maximum Gasteiger partial charge on any atom is 0.254 e. The van der Waals surface area contributed by atoms with Crippen molar-refractivity contribution in [3.05, 3.63) is 34.9 Å². The third kappa shape index (κ3) is 3.30. The Morgan fingerprint density at radius 2 is 2.09 bits per heavy atom. The van der Waals surface area contributed by atoms with Crippen LogP contribution in [0.4, 0.5) is 8.78 Å². The summed E-state index contributed by atoms with van der Waals surface area (Å²) in [6, 6.07) is 1.21. The van der Waals surface area contributed by atoms with Crippen LogP contribution in [0.25, 0.3) is 0 Å². The fraction of sp³-hybridized carbons (Fsp3) is 0.400. The molecule has 4 N–H and O–H groups in total. The molecule has 2 amide bonds. The van der Waals surface area contributed by atoms with Crippen LogP contribution in [0.1, 0.15) is 42.2 Å². The number of halogens is 2. The van der Waals surface area contributed by atoms with E-state index in [0.717, 1.165) is 6.07 Å². The van der Waals surface area contributed by atoms with Gasteiger partial charge in [0.15, 0.2) is 17.6 Å². The number of nitrogens with one attached hydrogen (secondary N) is 2. The largest absolute Gasteiger partial charge is 0.370 e. The van der Waals surface area contributed by atoms with Crippen LogP contribution in [0.5, 0.6) is 0 Å². The molecular weight excluding hydrogens is 306 g/mol. The average molecular weight is 324 g/mol. The lowest BCUT2D eigenvalue weighted by Gasteiger charge is -2.26. The van der Waals surface area contributed by atoms with E-state index in [1.54, 1.807) is 0 Å². The molecule has 2 rings (SSSR count). The molecule has 124 valence electrons. The lowest BCUT2D eigenvalue weighted by atomic mass is 10.0. The van der Waals surface area contributed by atoms with Gasteiger partial charge >= 0.3 is 0 Å². The molecule has 0 bridgehead atoms. The number of amides is 2. The first kappa shape index (κ1) is 16.9. The SMILES string of the molecule is CC(C)CN1C(=O)c2ccc(F)c(F)c2C1CC(=O)NC(=N)N. The van der Waals surface area contributed by atoms with Crippen molar-refractivity contribution < 1.29 is 18.4 Å². The lowest BCUT2D eigenvalue weighted by Crippen LogP contribution is -2.39. The molecule has 1 aliphatic heterocycles. The van der Waals surface area contributed by atoms with Crippen molar-refractivity contribution in [2.45, 2.75) is 26.3 Å². The fourth-order valence-electron chi connectivity index (χ4n) is 2.72. The van der Waals surface area contributed by atoms with E-state index < -0.39 is 35.5 Å². The van der Waals surface area contributed by atoms with E-state index in [1.165, 1.54) is 11.0 Å². The van der Waals surface area contributed by atoms with Gasteiger partial charge in [0.05, 0.1) is 12.5 Å². The zero-order chi connectivity index (χ0) is 17.3. The minimum Gasteiger partial charge on any atom is -0.370 e. The van der Waals surface area contributed by atoms with Crippen LogP contribution in [0.2, 0.25) is 0 Å². The van der Waals surface area contributed by atoms with Crippen LogP contribution < -0.4 is 11.1 Å². The predicted molar refractivity (Wildman–Crippen MR) is 79.6 cm³/mol. The topological polar surface area (TPSA) is 99.3 Å². The van der Waals surface area contributed by atoms with E-state index >= 15 is 0 Å². The Labute approximate surface area is 132 Å². The first-order valence-corrected chi connectivity index (χ1v) is 7.15. The number of guanidine groups is 1. The first-order valence-electron chi connectivity index (χ1n) is 7.15. The van der Waals surface area contributed by atoms with E-state index in [0.29, 0.717) is 6.54 Å². The Kier molecular flexibility index (Phi) is 4.63. The number of carbonyl (C=O) groups is 2. The lowest BCUT2D eigenvalue weighted by molar-refractivity contribution is -0.120. The van der Waals surface area contributed by atoms with Crippen LogP contribution in [0, 0.1) is 23.0 Å². The minimum absolute atomic E-state index is 0.0603. The van der Waals surface area contributed by atoms with E-state index in [2.05, 4.69) is 5.32 Å². The summed E-state index contributed by atoms with van der Waals surface area (Å²) in [4.78, 5) is 25.7. The molecule has 0 saturated carbocycles. The maximum atomic E-state index is 14.2. The summed E-state index contributed by atoms with van der Waals surface area (Å²) in [5.41, 5.74) is 5.04. The Balaban J connectivity index is 2.42. The quantitative estimate of drug-likeness (QED) is 0.578. The molecule has 1 unspecified atom stereocenters. The van der Waals surface area contributed by atoms with Gasteiger partial charge in [-0.2, -0.15) is 0 Å². The molecule has 0 radical (unpaired) electrons. The molecule has 8 heteroatoms. The van der Waals surface area contributed by atoms with Crippen LogP contribution in [-0.4, -0.2) is 29.2 Å². The number of nitrogens with zero attached hydrogens (tertiary/aromatic N) is 1. The summed E-state index contributed by atoms with van der Waals surface area (Å²) >= 11 is 0. The van der Waals surface area contributed by atoms with Gasteiger partial charge in [0.25, 0.3) is 5.91 Å². The molecule has 23 heavy (non-hydrogen) atoms. The first-order chi connectivity index (χ1) is 10.7. The van der Waals surface area contributed by atoms with Gasteiger partial charge < -0.3 is 10.6 Å². The van der Waals surface area contributed by atoms with Crippen molar-refractivity contribution in [1.29, 1.82) is 5.41 Å². The Morgan fingerprint density at radius 1 is 1.43 bits per heavy atom. The molecule has 1 aromatic carbocycles. The molecule has 0 saturated heterocycles. The summed E-state index contributed by atoms with van der Waals surface area (Å²) in [7, 11) is 0. The monoisotopic (exact) mass is 324 g/mol. The van der Waals surface area contributed by atoms with Crippen molar-refractivity contribution in [1.82, 2.24) is 10.2 Å². The second-order valence-electron chi connectivity index (χ2n) is 5.86. The number of hydrogen-bond acceptors (Lipinski definition) is 3. The molecule has 0 aliphatic carbocycles. The smallest absolute Gasteiger partial charge is 0.254 e. The van der Waals surface area contributed by atoms with E-state index in [4.69, 9.17) is 11.1 Å². The zero-order valence-electron chi connectivity index (χ0n) is 12.8. The van der Waals surface area contributed by atoms with Crippen LogP contribution >= 0.6 is 0 Å². The molecule has 1 atom stereocenters. The van der Waals surface area contributed by atoms with Gasteiger partial charge in [0.1, 0.15) is 0 Å². The normalized spacial score (nSPS) is 16.7. The van der Waals surface area contributed by atoms with Gasteiger partial charge in [0, 0.05) is 17.7 Å². The van der Waals surface area contributed by atoms with Gasteiger partial charge in [0.2, 0.25) is 5.91 Å². The fourth-order valence-corrected chi connectivity index (χ4v) is 2.72. The third-order valence-electron chi connectivity index (χ3n) is 3.55. The maximum absolute atomic E-state index is 14.2. The second-order valence-corrected chi connectivity index (χ2v) is 5.86. The molecule has 0 fully saturated rings. The van der Waals surface area contributed by atoms with Gasteiger partial charge in [-0.05, 0) is 18.1 Å². The number of rotatable bonds is 4. The second kappa shape index (κ2) is 6.31. The highest BCUT2D eigenvalue weighted by atomic mass is 19.2. The molecule has 1 heterocycles. The van der Waals surface area contributed by atoms with Crippen molar-refractivity contribution >= 4 is 17.8 Å². The predicted octanol–water partition coefficient (Wildman–Crippen LogP) is 1.52. The Hall–Kier alpha value is -2.51. The molecule has 0 spiro atoms. The van der Waals surface area contributed by atoms with E-state index in [1.807, 2.05) is 13.8 Å². The number of benzene rings is 1. The Bertz CT molecular complexity index is 676. The average Bonchev–Trinajstić information content (AvgIpc) is 2.67. The number of carbonyl (C=O) groups excluding carboxylic acids is 2. The van der Waals surface area contributed by atoms with Crippen molar-refractivity contribution in [2.75, 3.05) is 6.54 Å². The molecule has 1 aromatic rings. The van der Waals surface area contributed by atoms with Crippen molar-refractivity contribution in [3.63, 3.8) is 0 Å². The number of hydrogen-bond donors (Lipinski definition) is 3. The number of nitrogens with two attached hydrogens (primary N) is 1. The Morgan fingerprint density at radius 3 is 2.65 bits per heavy atom. The summed E-state index contributed by atoms with van der Waals surface area (Å²) < 4.78 is 27.7. The highest BCUT2D eigenvalue weighted by molar-refractivity contribution is 6.01. The number of fused-ring (bicyclic) bond motifs is 1. The van der Waals surface area contributed by atoms with Crippen molar-refractivity contribution in [3.8, 4) is 0 Å². The van der Waals surface area contributed by atoms with E-state index in [9.17, 15) is 18.4 Å². The molecule has 1 aliphatic rings. The van der Waals surface area contributed by atoms with Crippen molar-refractivity contribution in [2.24, 2.45) is 11.7 Å². The summed E-state index contributed by atoms with van der Waals surface area (Å²) in [6.45, 7) is 4.05. The van der Waals surface area contributed by atoms with Gasteiger partial charge in [-0.3, -0.25) is 20.3 Å². The summed E-state index contributed by atoms with van der Waals surface area (Å²) in [5.74, 6) is -3.73. The van der Waals surface area contributed by atoms with E-state index in [-0.39, 0.29) is 23.5 Å². The third-order valence-corrected chi connectivity index (χ3v) is 3.55. The minimum atomic E-state index is -1.12. The van der Waals surface area contributed by atoms with Gasteiger partial charge in [-0.25, -0.2) is 8.78 Å². The molecule has 0 aromatic heterocycles. The standard InChI is InChI=1S/C15H18F2N4O2/c1-7(2)6-21-10(5-11(22)20-15(18)19)12-8(14(21)23)3-4-9(16)13(12)17/h3-4,7,10H,5-6H2,1-2H3,(H4,18,19,20,22). The summed E-state index contributed by atoms with van der Waals surface area (Å²) in [6.07, 6.45) is -0.300. The zero-order valence-corrected chi connectivity index (χ0v) is 12.8. The van der Waals surface area contributed by atoms with Gasteiger partial charge in [-0.1, -0.05) is 13.8 Å². The highest BCUT2D eigenvalue weighted by Crippen LogP contribution is 2.38. The van der Waals surface area contributed by atoms with Crippen LogP contribution in [0.3, 0.4) is 0 Å². The molecule has 6 nitrogen and oxygen atoms in total. The summed E-state index contributed by atoms with van der Waals surface area (Å²) in [5, 5.41) is 9.15. The molecular formula is C15H18F2N4O2. The van der Waals surface area contributed by atoms with Crippen LogP contribution in [0.15, 0.2) is 12.1 Å². The highest BCUT2D eigenvalue weighted by Gasteiger charge is 2.41. The van der Waals surface area contributed by atoms with Crippen LogP contribution in [-0.2, 0) is 4.79 Å². The van der Waals surface area contributed by atoms with Gasteiger partial charge in [-0.15, -0.1) is 0 Å².